The lowest BCUT2D eigenvalue weighted by Gasteiger charge is -2.03. The second kappa shape index (κ2) is 4.59. The maximum atomic E-state index is 13.5. The van der Waals surface area contributed by atoms with Crippen molar-refractivity contribution in [1.82, 2.24) is 4.98 Å². The summed E-state index contributed by atoms with van der Waals surface area (Å²) in [5.41, 5.74) is -0.666. The number of aromatic nitrogens is 1. The van der Waals surface area contributed by atoms with Gasteiger partial charge >= 0.3 is 0 Å². The summed E-state index contributed by atoms with van der Waals surface area (Å²) in [6.07, 6.45) is 1.27. The zero-order chi connectivity index (χ0) is 12.4. The third kappa shape index (κ3) is 2.31. The minimum Gasteiger partial charge on any atom is -0.287 e. The molecule has 1 aromatic carbocycles. The second-order valence-corrected chi connectivity index (χ2v) is 3.72. The number of carbonyl (C=O) groups excluding carboxylic acids is 1. The maximum Gasteiger partial charge on any atom is 0.217 e. The molecule has 2 rings (SSSR count). The van der Waals surface area contributed by atoms with Crippen molar-refractivity contribution in [2.75, 3.05) is 0 Å². The molecule has 1 heterocycles. The Morgan fingerprint density at radius 3 is 2.59 bits per heavy atom. The summed E-state index contributed by atoms with van der Waals surface area (Å²) >= 11 is 5.56. The molecule has 0 aliphatic rings. The predicted molar refractivity (Wildman–Crippen MR) is 59.0 cm³/mol. The van der Waals surface area contributed by atoms with Gasteiger partial charge in [-0.05, 0) is 30.3 Å². The molecule has 0 saturated heterocycles. The average molecular weight is 254 g/mol. The van der Waals surface area contributed by atoms with Crippen LogP contribution in [0.15, 0.2) is 36.5 Å². The molecule has 1 aromatic heterocycles. The SMILES string of the molecule is O=C(c1ccc(Cl)cc1F)c1ncccc1F. The van der Waals surface area contributed by atoms with Crippen LogP contribution < -0.4 is 0 Å². The zero-order valence-corrected chi connectivity index (χ0v) is 9.21. The highest BCUT2D eigenvalue weighted by Gasteiger charge is 2.18. The summed E-state index contributed by atoms with van der Waals surface area (Å²) < 4.78 is 26.8. The lowest BCUT2D eigenvalue weighted by Crippen LogP contribution is -2.08. The van der Waals surface area contributed by atoms with Gasteiger partial charge in [-0.3, -0.25) is 4.79 Å². The number of rotatable bonds is 2. The summed E-state index contributed by atoms with van der Waals surface area (Å²) in [5.74, 6) is -2.39. The fourth-order valence-corrected chi connectivity index (χ4v) is 1.51. The molecule has 0 spiro atoms. The minimum absolute atomic E-state index is 0.167. The topological polar surface area (TPSA) is 30.0 Å². The molecule has 0 amide bonds. The highest BCUT2D eigenvalue weighted by atomic mass is 35.5. The maximum absolute atomic E-state index is 13.5. The van der Waals surface area contributed by atoms with Crippen molar-refractivity contribution in [3.63, 3.8) is 0 Å². The molecule has 86 valence electrons. The van der Waals surface area contributed by atoms with E-state index in [2.05, 4.69) is 4.98 Å². The number of ketones is 1. The van der Waals surface area contributed by atoms with Gasteiger partial charge in [0.2, 0.25) is 5.78 Å². The first-order chi connectivity index (χ1) is 8.09. The molecular formula is C12H6ClF2NO. The van der Waals surface area contributed by atoms with E-state index in [1.165, 1.54) is 24.4 Å². The van der Waals surface area contributed by atoms with E-state index in [0.29, 0.717) is 0 Å². The lowest BCUT2D eigenvalue weighted by molar-refractivity contribution is 0.102. The van der Waals surface area contributed by atoms with E-state index in [1.54, 1.807) is 0 Å². The normalized spacial score (nSPS) is 10.3. The molecule has 0 aliphatic carbocycles. The van der Waals surface area contributed by atoms with Gasteiger partial charge in [0.25, 0.3) is 0 Å². The molecule has 5 heteroatoms. The first-order valence-electron chi connectivity index (χ1n) is 4.70. The standard InChI is InChI=1S/C12H6ClF2NO/c13-7-3-4-8(10(15)6-7)12(17)11-9(14)2-1-5-16-11/h1-6H. The van der Waals surface area contributed by atoms with E-state index in [-0.39, 0.29) is 10.6 Å². The lowest BCUT2D eigenvalue weighted by atomic mass is 10.1. The Morgan fingerprint density at radius 2 is 1.94 bits per heavy atom. The summed E-state index contributed by atoms with van der Waals surface area (Å²) in [6, 6.07) is 6.00. The number of nitrogens with zero attached hydrogens (tertiary/aromatic N) is 1. The largest absolute Gasteiger partial charge is 0.287 e. The van der Waals surface area contributed by atoms with Gasteiger partial charge in [0.1, 0.15) is 11.5 Å². The number of pyridine rings is 1. The van der Waals surface area contributed by atoms with Crippen LogP contribution >= 0.6 is 11.6 Å². The Labute approximate surface area is 101 Å². The van der Waals surface area contributed by atoms with Crippen LogP contribution in [0.3, 0.4) is 0 Å². The molecule has 0 fully saturated rings. The van der Waals surface area contributed by atoms with Gasteiger partial charge < -0.3 is 0 Å². The van der Waals surface area contributed by atoms with Gasteiger partial charge in [-0.1, -0.05) is 11.6 Å². The van der Waals surface area contributed by atoms with Crippen LogP contribution in [0, 0.1) is 11.6 Å². The summed E-state index contributed by atoms with van der Waals surface area (Å²) in [5, 5.41) is 0.167. The highest BCUT2D eigenvalue weighted by Crippen LogP contribution is 2.18. The van der Waals surface area contributed by atoms with Gasteiger partial charge in [0.15, 0.2) is 5.82 Å². The van der Waals surface area contributed by atoms with E-state index in [9.17, 15) is 13.6 Å². The van der Waals surface area contributed by atoms with Crippen LogP contribution in [-0.4, -0.2) is 10.8 Å². The van der Waals surface area contributed by atoms with E-state index in [4.69, 9.17) is 11.6 Å². The molecule has 0 unspecified atom stereocenters. The summed E-state index contributed by atoms with van der Waals surface area (Å²) in [4.78, 5) is 15.4. The number of halogens is 3. The Morgan fingerprint density at radius 1 is 1.18 bits per heavy atom. The smallest absolute Gasteiger partial charge is 0.217 e. The second-order valence-electron chi connectivity index (χ2n) is 3.29. The monoisotopic (exact) mass is 253 g/mol. The molecular weight excluding hydrogens is 248 g/mol. The van der Waals surface area contributed by atoms with Gasteiger partial charge in [-0.25, -0.2) is 13.8 Å². The third-order valence-electron chi connectivity index (χ3n) is 2.15. The van der Waals surface area contributed by atoms with Crippen molar-refractivity contribution < 1.29 is 13.6 Å². The Balaban J connectivity index is 2.48. The fourth-order valence-electron chi connectivity index (χ4n) is 1.35. The Bertz CT molecular complexity index is 586. The van der Waals surface area contributed by atoms with E-state index in [0.717, 1.165) is 12.1 Å². The number of hydrogen-bond acceptors (Lipinski definition) is 2. The first-order valence-corrected chi connectivity index (χ1v) is 5.07. The fraction of sp³-hybridized carbons (Fsp3) is 0. The average Bonchev–Trinajstić information content (AvgIpc) is 2.29. The Kier molecular flexibility index (Phi) is 3.15. The quantitative estimate of drug-likeness (QED) is 0.769. The molecule has 17 heavy (non-hydrogen) atoms. The molecule has 2 aromatic rings. The predicted octanol–water partition coefficient (Wildman–Crippen LogP) is 3.24. The van der Waals surface area contributed by atoms with Crippen molar-refractivity contribution in [3.8, 4) is 0 Å². The van der Waals surface area contributed by atoms with Crippen molar-refractivity contribution in [1.29, 1.82) is 0 Å². The Hall–Kier alpha value is -1.81. The zero-order valence-electron chi connectivity index (χ0n) is 8.45. The number of carbonyl (C=O) groups is 1. The van der Waals surface area contributed by atoms with Crippen molar-refractivity contribution in [3.05, 3.63) is 64.4 Å². The number of hydrogen-bond donors (Lipinski definition) is 0. The summed E-state index contributed by atoms with van der Waals surface area (Å²) in [7, 11) is 0. The van der Waals surface area contributed by atoms with Crippen LogP contribution in [0.1, 0.15) is 16.1 Å². The van der Waals surface area contributed by atoms with Crippen LogP contribution in [0.25, 0.3) is 0 Å². The van der Waals surface area contributed by atoms with Crippen molar-refractivity contribution in [2.45, 2.75) is 0 Å². The molecule has 0 aliphatic heterocycles. The number of benzene rings is 1. The van der Waals surface area contributed by atoms with E-state index >= 15 is 0 Å². The molecule has 0 bridgehead atoms. The molecule has 2 nitrogen and oxygen atoms in total. The van der Waals surface area contributed by atoms with Crippen molar-refractivity contribution in [2.24, 2.45) is 0 Å². The molecule has 0 saturated carbocycles. The highest BCUT2D eigenvalue weighted by molar-refractivity contribution is 6.30. The van der Waals surface area contributed by atoms with E-state index in [1.807, 2.05) is 0 Å². The minimum atomic E-state index is -0.808. The van der Waals surface area contributed by atoms with Gasteiger partial charge in [0, 0.05) is 11.2 Å². The molecule has 0 radical (unpaired) electrons. The van der Waals surface area contributed by atoms with Gasteiger partial charge in [0.05, 0.1) is 5.56 Å². The van der Waals surface area contributed by atoms with Crippen LogP contribution in [0.5, 0.6) is 0 Å². The summed E-state index contributed by atoms with van der Waals surface area (Å²) in [6.45, 7) is 0. The van der Waals surface area contributed by atoms with Crippen LogP contribution in [0.2, 0.25) is 5.02 Å². The van der Waals surface area contributed by atoms with Crippen LogP contribution in [0.4, 0.5) is 8.78 Å². The van der Waals surface area contributed by atoms with E-state index < -0.39 is 23.1 Å². The van der Waals surface area contributed by atoms with Crippen molar-refractivity contribution >= 4 is 17.4 Å². The molecule has 0 atom stereocenters. The van der Waals surface area contributed by atoms with Gasteiger partial charge in [-0.15, -0.1) is 0 Å². The van der Waals surface area contributed by atoms with Gasteiger partial charge in [-0.2, -0.15) is 0 Å². The third-order valence-corrected chi connectivity index (χ3v) is 2.38. The first kappa shape index (κ1) is 11.7. The van der Waals surface area contributed by atoms with Crippen LogP contribution in [-0.2, 0) is 0 Å². The molecule has 0 N–H and O–H groups in total.